The molecule has 2 atom stereocenters. The number of pyridine rings is 1. The molecule has 1 aliphatic carbocycles. The average molecular weight is 279 g/mol. The van der Waals surface area contributed by atoms with Crippen molar-refractivity contribution in [2.24, 2.45) is 0 Å². The van der Waals surface area contributed by atoms with E-state index in [0.29, 0.717) is 10.9 Å². The molecule has 2 N–H and O–H groups in total. The minimum atomic E-state index is -0.0615. The molecule has 1 saturated carbocycles. The minimum absolute atomic E-state index is 0.0615. The molecule has 1 aliphatic rings. The van der Waals surface area contributed by atoms with E-state index in [-0.39, 0.29) is 11.9 Å². The Bertz CT molecular complexity index is 421. The summed E-state index contributed by atoms with van der Waals surface area (Å²) in [5, 5.41) is 6.66. The molecule has 1 aromatic rings. The summed E-state index contributed by atoms with van der Waals surface area (Å²) >= 11 is 1.85. The van der Waals surface area contributed by atoms with Gasteiger partial charge < -0.3 is 10.6 Å². The highest BCUT2D eigenvalue weighted by atomic mass is 32.2. The van der Waals surface area contributed by atoms with Crippen molar-refractivity contribution < 1.29 is 4.79 Å². The number of hydrogen-bond acceptors (Lipinski definition) is 4. The maximum absolute atomic E-state index is 12.2. The Labute approximate surface area is 118 Å². The molecule has 0 saturated heterocycles. The first-order chi connectivity index (χ1) is 9.24. The quantitative estimate of drug-likeness (QED) is 0.889. The summed E-state index contributed by atoms with van der Waals surface area (Å²) in [6.45, 7) is 0. The summed E-state index contributed by atoms with van der Waals surface area (Å²) in [6.07, 6.45) is 8.54. The van der Waals surface area contributed by atoms with Gasteiger partial charge in [0.2, 0.25) is 0 Å². The molecule has 2 unspecified atom stereocenters. The number of carbonyl (C=O) groups excluding carboxylic acids is 1. The lowest BCUT2D eigenvalue weighted by molar-refractivity contribution is 0.0924. The van der Waals surface area contributed by atoms with Crippen LogP contribution in [0.1, 0.15) is 36.2 Å². The van der Waals surface area contributed by atoms with Crippen LogP contribution in [0.4, 0.5) is 5.69 Å². The molecule has 19 heavy (non-hydrogen) atoms. The second-order valence-electron chi connectivity index (χ2n) is 4.82. The number of thioether (sulfide) groups is 1. The number of hydrogen-bond donors (Lipinski definition) is 2. The van der Waals surface area contributed by atoms with Gasteiger partial charge in [0, 0.05) is 18.3 Å². The molecule has 1 heterocycles. The third kappa shape index (κ3) is 3.62. The van der Waals surface area contributed by atoms with Crippen LogP contribution in [0.5, 0.6) is 0 Å². The van der Waals surface area contributed by atoms with Gasteiger partial charge in [-0.2, -0.15) is 11.8 Å². The van der Waals surface area contributed by atoms with Crippen molar-refractivity contribution >= 4 is 23.4 Å². The summed E-state index contributed by atoms with van der Waals surface area (Å²) < 4.78 is 0. The van der Waals surface area contributed by atoms with Gasteiger partial charge in [-0.05, 0) is 31.2 Å². The van der Waals surface area contributed by atoms with Gasteiger partial charge in [0.15, 0.2) is 0 Å². The molecule has 0 spiro atoms. The highest BCUT2D eigenvalue weighted by Crippen LogP contribution is 2.27. The lowest BCUT2D eigenvalue weighted by atomic mass is 9.95. The number of nitrogens with one attached hydrogen (secondary N) is 2. The number of anilines is 1. The Balaban J connectivity index is 1.98. The third-order valence-electron chi connectivity index (χ3n) is 3.61. The molecule has 5 heteroatoms. The summed E-state index contributed by atoms with van der Waals surface area (Å²) in [6, 6.07) is 3.91. The van der Waals surface area contributed by atoms with Crippen molar-refractivity contribution in [1.29, 1.82) is 0 Å². The molecule has 0 aliphatic heterocycles. The highest BCUT2D eigenvalue weighted by molar-refractivity contribution is 7.99. The zero-order chi connectivity index (χ0) is 13.7. The molecular weight excluding hydrogens is 258 g/mol. The summed E-state index contributed by atoms with van der Waals surface area (Å²) in [5.41, 5.74) is 1.40. The van der Waals surface area contributed by atoms with E-state index in [9.17, 15) is 4.79 Å². The van der Waals surface area contributed by atoms with Gasteiger partial charge >= 0.3 is 0 Å². The van der Waals surface area contributed by atoms with E-state index in [1.807, 2.05) is 24.9 Å². The number of nitrogens with zero attached hydrogens (tertiary/aromatic N) is 1. The van der Waals surface area contributed by atoms with Crippen LogP contribution in [0.3, 0.4) is 0 Å². The van der Waals surface area contributed by atoms with Crippen LogP contribution in [0, 0.1) is 0 Å². The predicted octanol–water partition coefficient (Wildman–Crippen LogP) is 2.53. The first-order valence-electron chi connectivity index (χ1n) is 6.72. The molecule has 0 bridgehead atoms. The van der Waals surface area contributed by atoms with Crippen LogP contribution in [0.25, 0.3) is 0 Å². The average Bonchev–Trinajstić information content (AvgIpc) is 2.48. The van der Waals surface area contributed by atoms with Gasteiger partial charge in [0.05, 0.1) is 11.9 Å². The number of amides is 1. The number of carbonyl (C=O) groups is 1. The van der Waals surface area contributed by atoms with E-state index in [0.717, 1.165) is 12.1 Å². The molecule has 2 rings (SSSR count). The zero-order valence-electron chi connectivity index (χ0n) is 11.5. The second-order valence-corrected chi connectivity index (χ2v) is 5.90. The van der Waals surface area contributed by atoms with Crippen molar-refractivity contribution in [3.8, 4) is 0 Å². The van der Waals surface area contributed by atoms with Gasteiger partial charge in [0.25, 0.3) is 5.91 Å². The first kappa shape index (κ1) is 14.2. The maximum Gasteiger partial charge on any atom is 0.270 e. The predicted molar refractivity (Wildman–Crippen MR) is 80.8 cm³/mol. The molecule has 1 amide bonds. The van der Waals surface area contributed by atoms with Gasteiger partial charge in [-0.1, -0.05) is 12.8 Å². The Morgan fingerprint density at radius 3 is 2.79 bits per heavy atom. The molecule has 4 nitrogen and oxygen atoms in total. The van der Waals surface area contributed by atoms with Crippen molar-refractivity contribution in [2.75, 3.05) is 18.6 Å². The van der Waals surface area contributed by atoms with E-state index < -0.39 is 0 Å². The van der Waals surface area contributed by atoms with Gasteiger partial charge in [-0.15, -0.1) is 0 Å². The van der Waals surface area contributed by atoms with Crippen molar-refractivity contribution in [2.45, 2.75) is 37.0 Å². The molecule has 0 aromatic carbocycles. The monoisotopic (exact) mass is 279 g/mol. The van der Waals surface area contributed by atoms with Crippen LogP contribution in [-0.4, -0.2) is 35.5 Å². The SMILES string of the molecule is CNc1ccc(C(=O)NC2CCCCC2SC)nc1. The fraction of sp³-hybridized carbons (Fsp3) is 0.571. The molecule has 1 aromatic heterocycles. The third-order valence-corrected chi connectivity index (χ3v) is 4.78. The van der Waals surface area contributed by atoms with E-state index >= 15 is 0 Å². The molecular formula is C14H21N3OS. The fourth-order valence-corrected chi connectivity index (χ4v) is 3.40. The summed E-state index contributed by atoms with van der Waals surface area (Å²) in [7, 11) is 1.84. The molecule has 0 radical (unpaired) electrons. The van der Waals surface area contributed by atoms with Crippen LogP contribution < -0.4 is 10.6 Å². The fourth-order valence-electron chi connectivity index (χ4n) is 2.46. The minimum Gasteiger partial charge on any atom is -0.387 e. The Kier molecular flexibility index (Phi) is 5.07. The molecule has 104 valence electrons. The van der Waals surface area contributed by atoms with Crippen molar-refractivity contribution in [3.63, 3.8) is 0 Å². The zero-order valence-corrected chi connectivity index (χ0v) is 12.3. The Morgan fingerprint density at radius 1 is 1.37 bits per heavy atom. The van der Waals surface area contributed by atoms with Crippen LogP contribution in [0.15, 0.2) is 18.3 Å². The maximum atomic E-state index is 12.2. The first-order valence-corrected chi connectivity index (χ1v) is 8.01. The summed E-state index contributed by atoms with van der Waals surface area (Å²) in [5.74, 6) is -0.0615. The normalized spacial score (nSPS) is 22.8. The summed E-state index contributed by atoms with van der Waals surface area (Å²) in [4.78, 5) is 16.4. The van der Waals surface area contributed by atoms with Crippen LogP contribution >= 0.6 is 11.8 Å². The number of rotatable bonds is 4. The highest BCUT2D eigenvalue weighted by Gasteiger charge is 2.26. The topological polar surface area (TPSA) is 54.0 Å². The van der Waals surface area contributed by atoms with Crippen LogP contribution in [0.2, 0.25) is 0 Å². The van der Waals surface area contributed by atoms with Gasteiger partial charge in [0.1, 0.15) is 5.69 Å². The van der Waals surface area contributed by atoms with E-state index in [1.54, 1.807) is 12.3 Å². The Hall–Kier alpha value is -1.23. The van der Waals surface area contributed by atoms with Crippen LogP contribution in [-0.2, 0) is 0 Å². The van der Waals surface area contributed by atoms with Crippen molar-refractivity contribution in [1.82, 2.24) is 10.3 Å². The largest absolute Gasteiger partial charge is 0.387 e. The lowest BCUT2D eigenvalue weighted by Gasteiger charge is -2.30. The van der Waals surface area contributed by atoms with Gasteiger partial charge in [-0.25, -0.2) is 4.98 Å². The van der Waals surface area contributed by atoms with E-state index in [1.165, 1.54) is 19.3 Å². The van der Waals surface area contributed by atoms with Gasteiger partial charge in [-0.3, -0.25) is 4.79 Å². The van der Waals surface area contributed by atoms with E-state index in [4.69, 9.17) is 0 Å². The second kappa shape index (κ2) is 6.80. The standard InChI is InChI=1S/C14H21N3OS/c1-15-10-7-8-12(16-9-10)14(18)17-11-5-3-4-6-13(11)19-2/h7-9,11,13,15H,3-6H2,1-2H3,(H,17,18). The lowest BCUT2D eigenvalue weighted by Crippen LogP contribution is -2.43. The number of aromatic nitrogens is 1. The molecule has 1 fully saturated rings. The van der Waals surface area contributed by atoms with Crippen molar-refractivity contribution in [3.05, 3.63) is 24.0 Å². The smallest absolute Gasteiger partial charge is 0.270 e. The van der Waals surface area contributed by atoms with E-state index in [2.05, 4.69) is 21.9 Å². The Morgan fingerprint density at radius 2 is 2.16 bits per heavy atom.